The van der Waals surface area contributed by atoms with Crippen LogP contribution in [0.3, 0.4) is 0 Å². The lowest BCUT2D eigenvalue weighted by atomic mass is 10.2. The summed E-state index contributed by atoms with van der Waals surface area (Å²) in [5, 5.41) is 0. The second-order valence-corrected chi connectivity index (χ2v) is 3.49. The first-order valence-corrected chi connectivity index (χ1v) is 5.54. The molecule has 0 saturated carbocycles. The van der Waals surface area contributed by atoms with Gasteiger partial charge in [-0.15, -0.1) is 0 Å². The highest BCUT2D eigenvalue weighted by Crippen LogP contribution is 2.00. The van der Waals surface area contributed by atoms with E-state index in [2.05, 4.69) is 16.9 Å². The first kappa shape index (κ1) is 12.7. The maximum Gasteiger partial charge on any atom is 0.417 e. The van der Waals surface area contributed by atoms with Crippen LogP contribution in [0.15, 0.2) is 30.3 Å². The van der Waals surface area contributed by atoms with Crippen LogP contribution in [-0.2, 0) is 20.7 Å². The van der Waals surface area contributed by atoms with E-state index in [4.69, 9.17) is 4.74 Å². The Morgan fingerprint density at radius 3 is 2.50 bits per heavy atom. The Morgan fingerprint density at radius 1 is 1.00 bits per heavy atom. The van der Waals surface area contributed by atoms with Crippen molar-refractivity contribution >= 4 is 6.47 Å². The van der Waals surface area contributed by atoms with Gasteiger partial charge in [-0.2, -0.15) is 0 Å². The number of unbranched alkanes of at least 4 members (excludes halogenated alkanes) is 1. The van der Waals surface area contributed by atoms with Gasteiger partial charge in [0, 0.05) is 6.61 Å². The van der Waals surface area contributed by atoms with E-state index < -0.39 is 0 Å². The lowest BCUT2D eigenvalue weighted by Gasteiger charge is -2.03. The summed E-state index contributed by atoms with van der Waals surface area (Å²) in [5.41, 5.74) is 1.29. The van der Waals surface area contributed by atoms with Crippen molar-refractivity contribution in [3.63, 3.8) is 0 Å². The molecule has 0 atom stereocenters. The number of carbonyl (C=O) groups excluding carboxylic acids is 1. The van der Waals surface area contributed by atoms with Gasteiger partial charge in [0.2, 0.25) is 0 Å². The molecular weight excluding hydrogens is 204 g/mol. The van der Waals surface area contributed by atoms with Crippen LogP contribution in [0.2, 0.25) is 0 Å². The highest BCUT2D eigenvalue weighted by Gasteiger charge is 1.93. The molecule has 16 heavy (non-hydrogen) atoms. The van der Waals surface area contributed by atoms with Gasteiger partial charge in [-0.05, 0) is 24.8 Å². The van der Waals surface area contributed by atoms with Gasteiger partial charge in [0.05, 0.1) is 13.2 Å². The lowest BCUT2D eigenvalue weighted by Crippen LogP contribution is -2.01. The monoisotopic (exact) mass is 221 g/mol. The molecule has 1 aromatic carbocycles. The zero-order chi connectivity index (χ0) is 11.5. The van der Waals surface area contributed by atoms with Gasteiger partial charge in [-0.25, -0.2) is 4.79 Å². The summed E-state index contributed by atoms with van der Waals surface area (Å²) >= 11 is 0. The van der Waals surface area contributed by atoms with E-state index in [1.807, 2.05) is 18.2 Å². The van der Waals surface area contributed by atoms with E-state index in [1.165, 1.54) is 12.0 Å². The fourth-order valence-electron chi connectivity index (χ4n) is 1.36. The summed E-state index contributed by atoms with van der Waals surface area (Å²) in [7, 11) is 0. The van der Waals surface area contributed by atoms with Crippen LogP contribution < -0.4 is 0 Å². The molecule has 0 aliphatic carbocycles. The second kappa shape index (κ2) is 8.92. The van der Waals surface area contributed by atoms with Crippen molar-refractivity contribution in [3.8, 4) is 0 Å². The largest absolute Gasteiger partial charge is 0.457 e. The Hall–Kier alpha value is -1.35. The summed E-state index contributed by atoms with van der Waals surface area (Å²) in [6.07, 6.45) is 2.69. The fraction of sp³-hybridized carbons (Fsp3) is 0.462. The quantitative estimate of drug-likeness (QED) is 0.599. The van der Waals surface area contributed by atoms with E-state index in [1.54, 1.807) is 0 Å². The predicted octanol–water partition coefficient (Wildman–Crippen LogP) is 2.11. The molecule has 87 valence electrons. The third-order valence-electron chi connectivity index (χ3n) is 2.22. The lowest BCUT2D eigenvalue weighted by molar-refractivity contribution is 0.128. The smallest absolute Gasteiger partial charge is 0.417 e. The molecule has 1 aromatic rings. The molecule has 0 N–H and O–H groups in total. The molecule has 1 radical (unpaired) electrons. The third-order valence-corrected chi connectivity index (χ3v) is 2.22. The minimum Gasteiger partial charge on any atom is -0.457 e. The van der Waals surface area contributed by atoms with Gasteiger partial charge in [0.25, 0.3) is 0 Å². The first-order valence-electron chi connectivity index (χ1n) is 5.54. The van der Waals surface area contributed by atoms with Gasteiger partial charge in [-0.1, -0.05) is 30.3 Å². The van der Waals surface area contributed by atoms with Crippen molar-refractivity contribution < 1.29 is 14.3 Å². The molecule has 0 bridgehead atoms. The molecular formula is C13H17O3. The van der Waals surface area contributed by atoms with Crippen LogP contribution >= 0.6 is 0 Å². The molecule has 0 aliphatic rings. The van der Waals surface area contributed by atoms with Crippen molar-refractivity contribution in [2.75, 3.05) is 19.8 Å². The van der Waals surface area contributed by atoms with Crippen molar-refractivity contribution in [2.24, 2.45) is 0 Å². The number of hydrogen-bond donors (Lipinski definition) is 0. The van der Waals surface area contributed by atoms with Gasteiger partial charge in [0.1, 0.15) is 0 Å². The summed E-state index contributed by atoms with van der Waals surface area (Å²) in [6, 6.07) is 10.3. The van der Waals surface area contributed by atoms with Crippen molar-refractivity contribution in [2.45, 2.75) is 19.3 Å². The van der Waals surface area contributed by atoms with Crippen LogP contribution in [0.4, 0.5) is 0 Å². The molecule has 0 amide bonds. The van der Waals surface area contributed by atoms with Crippen molar-refractivity contribution in [1.82, 2.24) is 0 Å². The maximum atomic E-state index is 9.72. The van der Waals surface area contributed by atoms with Crippen LogP contribution in [0.5, 0.6) is 0 Å². The first-order chi connectivity index (χ1) is 7.93. The van der Waals surface area contributed by atoms with Gasteiger partial charge in [0.15, 0.2) is 0 Å². The SMILES string of the molecule is O=[C]OCCCCOCCc1ccccc1. The second-order valence-electron chi connectivity index (χ2n) is 3.49. The number of ether oxygens (including phenoxy) is 2. The van der Waals surface area contributed by atoms with Crippen LogP contribution in [0.25, 0.3) is 0 Å². The summed E-state index contributed by atoms with van der Waals surface area (Å²) < 4.78 is 9.91. The van der Waals surface area contributed by atoms with E-state index >= 15 is 0 Å². The highest BCUT2D eigenvalue weighted by atomic mass is 16.5. The Bertz CT molecular complexity index is 272. The van der Waals surface area contributed by atoms with E-state index in [9.17, 15) is 4.79 Å². The van der Waals surface area contributed by atoms with Gasteiger partial charge >= 0.3 is 6.47 Å². The zero-order valence-electron chi connectivity index (χ0n) is 9.35. The Morgan fingerprint density at radius 2 is 1.75 bits per heavy atom. The molecule has 0 saturated heterocycles. The third kappa shape index (κ3) is 6.19. The average Bonchev–Trinajstić information content (AvgIpc) is 2.34. The molecule has 0 aliphatic heterocycles. The van der Waals surface area contributed by atoms with Crippen molar-refractivity contribution in [1.29, 1.82) is 0 Å². The van der Waals surface area contributed by atoms with E-state index in [0.717, 1.165) is 32.5 Å². The molecule has 0 heterocycles. The van der Waals surface area contributed by atoms with E-state index in [0.29, 0.717) is 6.61 Å². The number of rotatable bonds is 9. The zero-order valence-corrected chi connectivity index (χ0v) is 9.35. The minimum atomic E-state index is 0.436. The van der Waals surface area contributed by atoms with Gasteiger partial charge < -0.3 is 9.47 Å². The molecule has 0 spiro atoms. The summed E-state index contributed by atoms with van der Waals surface area (Å²) in [4.78, 5) is 9.72. The molecule has 0 unspecified atom stereocenters. The van der Waals surface area contributed by atoms with Gasteiger partial charge in [-0.3, -0.25) is 0 Å². The topological polar surface area (TPSA) is 35.5 Å². The number of hydrogen-bond acceptors (Lipinski definition) is 3. The Labute approximate surface area is 96.4 Å². The summed E-state index contributed by atoms with van der Waals surface area (Å²) in [6.45, 7) is 3.29. The average molecular weight is 221 g/mol. The molecule has 1 rings (SSSR count). The maximum absolute atomic E-state index is 9.72. The van der Waals surface area contributed by atoms with Crippen LogP contribution in [0, 0.1) is 0 Å². The standard InChI is InChI=1S/C13H17O3/c14-12-16-10-5-4-9-15-11-8-13-6-2-1-3-7-13/h1-3,6-7H,4-5,8-11H2. The molecule has 3 nitrogen and oxygen atoms in total. The molecule has 3 heteroatoms. The molecule has 0 aromatic heterocycles. The molecule has 0 fully saturated rings. The van der Waals surface area contributed by atoms with Crippen LogP contribution in [-0.4, -0.2) is 26.3 Å². The Kier molecular flexibility index (Phi) is 7.09. The summed E-state index contributed by atoms with van der Waals surface area (Å²) in [5.74, 6) is 0. The van der Waals surface area contributed by atoms with Crippen molar-refractivity contribution in [3.05, 3.63) is 35.9 Å². The Balaban J connectivity index is 1.90. The fourth-order valence-corrected chi connectivity index (χ4v) is 1.36. The number of benzene rings is 1. The highest BCUT2D eigenvalue weighted by molar-refractivity contribution is 5.37. The predicted molar refractivity (Wildman–Crippen MR) is 61.8 cm³/mol. The normalized spacial score (nSPS) is 10.0. The minimum absolute atomic E-state index is 0.436. The van der Waals surface area contributed by atoms with Crippen LogP contribution in [0.1, 0.15) is 18.4 Å². The van der Waals surface area contributed by atoms with E-state index in [-0.39, 0.29) is 0 Å².